The van der Waals surface area contributed by atoms with Crippen molar-refractivity contribution in [2.24, 2.45) is 11.7 Å². The highest BCUT2D eigenvalue weighted by Gasteiger charge is 2.17. The molecule has 2 atom stereocenters. The SMILES string of the molecule is CC(C)C[C@H](N)C(=O)NCc1cccc(C(=O)NCC2CCCO2)c1. The van der Waals surface area contributed by atoms with E-state index in [-0.39, 0.29) is 17.9 Å². The van der Waals surface area contributed by atoms with Gasteiger partial charge in [-0.2, -0.15) is 0 Å². The maximum absolute atomic E-state index is 12.2. The molecule has 6 heteroatoms. The lowest BCUT2D eigenvalue weighted by Crippen LogP contribution is -2.41. The lowest BCUT2D eigenvalue weighted by Gasteiger charge is -2.14. The summed E-state index contributed by atoms with van der Waals surface area (Å²) in [6, 6.07) is 6.75. The van der Waals surface area contributed by atoms with Crippen molar-refractivity contribution in [3.63, 3.8) is 0 Å². The molecule has 1 unspecified atom stereocenters. The van der Waals surface area contributed by atoms with Gasteiger partial charge < -0.3 is 21.1 Å². The highest BCUT2D eigenvalue weighted by molar-refractivity contribution is 5.94. The van der Waals surface area contributed by atoms with Gasteiger partial charge in [0.25, 0.3) is 5.91 Å². The fourth-order valence-electron chi connectivity index (χ4n) is 2.87. The number of benzene rings is 1. The lowest BCUT2D eigenvalue weighted by molar-refractivity contribution is -0.122. The lowest BCUT2D eigenvalue weighted by atomic mass is 10.0. The van der Waals surface area contributed by atoms with E-state index in [9.17, 15) is 9.59 Å². The van der Waals surface area contributed by atoms with Gasteiger partial charge in [0, 0.05) is 25.3 Å². The van der Waals surface area contributed by atoms with Crippen LogP contribution in [0.15, 0.2) is 24.3 Å². The van der Waals surface area contributed by atoms with Crippen LogP contribution in [0.25, 0.3) is 0 Å². The van der Waals surface area contributed by atoms with Crippen molar-refractivity contribution in [1.29, 1.82) is 0 Å². The number of amides is 2. The normalized spacial score (nSPS) is 18.2. The van der Waals surface area contributed by atoms with E-state index in [4.69, 9.17) is 10.5 Å². The third-order valence-electron chi connectivity index (χ3n) is 4.23. The molecule has 1 fully saturated rings. The van der Waals surface area contributed by atoms with Crippen LogP contribution in [-0.2, 0) is 16.1 Å². The molecule has 2 rings (SSSR count). The van der Waals surface area contributed by atoms with Crippen LogP contribution in [-0.4, -0.2) is 37.1 Å². The van der Waals surface area contributed by atoms with Crippen LogP contribution in [0.2, 0.25) is 0 Å². The standard InChI is InChI=1S/C19H29N3O3/c1-13(2)9-17(20)19(24)21-11-14-5-3-6-15(10-14)18(23)22-12-16-7-4-8-25-16/h3,5-6,10,13,16-17H,4,7-9,11-12,20H2,1-2H3,(H,21,24)(H,22,23)/t16?,17-/m0/s1. The molecule has 0 aromatic heterocycles. The highest BCUT2D eigenvalue weighted by Crippen LogP contribution is 2.11. The van der Waals surface area contributed by atoms with Crippen molar-refractivity contribution in [3.8, 4) is 0 Å². The van der Waals surface area contributed by atoms with Gasteiger partial charge in [0.15, 0.2) is 0 Å². The number of carbonyl (C=O) groups excluding carboxylic acids is 2. The molecule has 1 heterocycles. The van der Waals surface area contributed by atoms with Crippen LogP contribution in [0, 0.1) is 5.92 Å². The van der Waals surface area contributed by atoms with Crippen molar-refractivity contribution >= 4 is 11.8 Å². The van der Waals surface area contributed by atoms with E-state index in [2.05, 4.69) is 10.6 Å². The molecule has 1 aliphatic rings. The van der Waals surface area contributed by atoms with Crippen molar-refractivity contribution in [2.75, 3.05) is 13.2 Å². The molecular formula is C19H29N3O3. The summed E-state index contributed by atoms with van der Waals surface area (Å²) in [5, 5.41) is 5.73. The Balaban J connectivity index is 1.83. The second kappa shape index (κ2) is 9.53. The van der Waals surface area contributed by atoms with Crippen LogP contribution < -0.4 is 16.4 Å². The van der Waals surface area contributed by atoms with E-state index in [0.29, 0.717) is 31.0 Å². The number of hydrogen-bond acceptors (Lipinski definition) is 4. The van der Waals surface area contributed by atoms with Gasteiger partial charge in [-0.05, 0) is 42.9 Å². The summed E-state index contributed by atoms with van der Waals surface area (Å²) in [4.78, 5) is 24.2. The smallest absolute Gasteiger partial charge is 0.251 e. The van der Waals surface area contributed by atoms with Crippen molar-refractivity contribution in [1.82, 2.24) is 10.6 Å². The van der Waals surface area contributed by atoms with Crippen molar-refractivity contribution in [3.05, 3.63) is 35.4 Å². The van der Waals surface area contributed by atoms with Gasteiger partial charge in [-0.15, -0.1) is 0 Å². The summed E-state index contributed by atoms with van der Waals surface area (Å²) in [6.07, 6.45) is 2.81. The number of hydrogen-bond donors (Lipinski definition) is 3. The van der Waals surface area contributed by atoms with E-state index in [1.807, 2.05) is 26.0 Å². The number of carbonyl (C=O) groups is 2. The number of rotatable bonds is 8. The molecule has 1 aromatic rings. The molecular weight excluding hydrogens is 318 g/mol. The van der Waals surface area contributed by atoms with E-state index in [1.54, 1.807) is 12.1 Å². The average Bonchev–Trinajstić information content (AvgIpc) is 3.10. The van der Waals surface area contributed by atoms with Crippen LogP contribution in [0.5, 0.6) is 0 Å². The molecule has 1 aliphatic heterocycles. The molecule has 0 aliphatic carbocycles. The maximum Gasteiger partial charge on any atom is 0.251 e. The molecule has 0 radical (unpaired) electrons. The first-order valence-corrected chi connectivity index (χ1v) is 8.97. The summed E-state index contributed by atoms with van der Waals surface area (Å²) < 4.78 is 5.50. The van der Waals surface area contributed by atoms with E-state index >= 15 is 0 Å². The predicted molar refractivity (Wildman–Crippen MR) is 97.0 cm³/mol. The zero-order chi connectivity index (χ0) is 18.2. The Kier molecular flexibility index (Phi) is 7.40. The molecule has 2 amide bonds. The van der Waals surface area contributed by atoms with Crippen LogP contribution in [0.4, 0.5) is 0 Å². The fourth-order valence-corrected chi connectivity index (χ4v) is 2.87. The quantitative estimate of drug-likeness (QED) is 0.666. The third kappa shape index (κ3) is 6.48. The molecule has 6 nitrogen and oxygen atoms in total. The predicted octanol–water partition coefficient (Wildman–Crippen LogP) is 1.58. The van der Waals surface area contributed by atoms with E-state index in [1.165, 1.54) is 0 Å². The van der Waals surface area contributed by atoms with Crippen LogP contribution >= 0.6 is 0 Å². The van der Waals surface area contributed by atoms with Crippen LogP contribution in [0.3, 0.4) is 0 Å². The zero-order valence-electron chi connectivity index (χ0n) is 15.1. The summed E-state index contributed by atoms with van der Waals surface area (Å²) in [5.41, 5.74) is 7.32. The van der Waals surface area contributed by atoms with Gasteiger partial charge in [0.05, 0.1) is 12.1 Å². The molecule has 1 saturated heterocycles. The Morgan fingerprint density at radius 2 is 2.12 bits per heavy atom. The molecule has 0 saturated carbocycles. The minimum Gasteiger partial charge on any atom is -0.376 e. The van der Waals surface area contributed by atoms with Crippen molar-refractivity contribution in [2.45, 2.75) is 51.8 Å². The summed E-state index contributed by atoms with van der Waals surface area (Å²) >= 11 is 0. The topological polar surface area (TPSA) is 93.5 Å². The van der Waals surface area contributed by atoms with E-state index < -0.39 is 6.04 Å². The molecule has 1 aromatic carbocycles. The Hall–Kier alpha value is -1.92. The first-order chi connectivity index (χ1) is 12.0. The monoisotopic (exact) mass is 347 g/mol. The largest absolute Gasteiger partial charge is 0.376 e. The highest BCUT2D eigenvalue weighted by atomic mass is 16.5. The number of nitrogens with one attached hydrogen (secondary N) is 2. The summed E-state index contributed by atoms with van der Waals surface area (Å²) in [7, 11) is 0. The van der Waals surface area contributed by atoms with Gasteiger partial charge in [0.1, 0.15) is 0 Å². The minimum absolute atomic E-state index is 0.119. The number of ether oxygens (including phenoxy) is 1. The Morgan fingerprint density at radius 1 is 1.32 bits per heavy atom. The van der Waals surface area contributed by atoms with Gasteiger partial charge in [-0.25, -0.2) is 0 Å². The van der Waals surface area contributed by atoms with Crippen LogP contribution in [0.1, 0.15) is 49.0 Å². The molecule has 138 valence electrons. The van der Waals surface area contributed by atoms with Gasteiger partial charge in [-0.3, -0.25) is 9.59 Å². The summed E-state index contributed by atoms with van der Waals surface area (Å²) in [6.45, 7) is 5.73. The Labute approximate surface area is 149 Å². The third-order valence-corrected chi connectivity index (χ3v) is 4.23. The van der Waals surface area contributed by atoms with Gasteiger partial charge in [0.2, 0.25) is 5.91 Å². The molecule has 25 heavy (non-hydrogen) atoms. The fraction of sp³-hybridized carbons (Fsp3) is 0.579. The number of nitrogens with two attached hydrogens (primary N) is 1. The second-order valence-corrected chi connectivity index (χ2v) is 7.00. The molecule has 0 spiro atoms. The summed E-state index contributed by atoms with van der Waals surface area (Å²) in [5.74, 6) is 0.0822. The maximum atomic E-state index is 12.2. The second-order valence-electron chi connectivity index (χ2n) is 7.00. The van der Waals surface area contributed by atoms with Gasteiger partial charge in [-0.1, -0.05) is 26.0 Å². The zero-order valence-corrected chi connectivity index (χ0v) is 15.1. The first-order valence-electron chi connectivity index (χ1n) is 8.97. The van der Waals surface area contributed by atoms with Gasteiger partial charge >= 0.3 is 0 Å². The Morgan fingerprint density at radius 3 is 2.80 bits per heavy atom. The molecule has 4 N–H and O–H groups in total. The van der Waals surface area contributed by atoms with Crippen molar-refractivity contribution < 1.29 is 14.3 Å². The minimum atomic E-state index is -0.502. The van der Waals surface area contributed by atoms with E-state index in [0.717, 1.165) is 25.0 Å². The Bertz CT molecular complexity index is 583. The average molecular weight is 347 g/mol. The first kappa shape index (κ1) is 19.4. The molecule has 0 bridgehead atoms.